The second-order valence-electron chi connectivity index (χ2n) is 15.5. The monoisotopic (exact) mass is 796 g/mol. The molecule has 0 aliphatic carbocycles. The average Bonchev–Trinajstić information content (AvgIpc) is 3.73. The number of benzene rings is 4. The zero-order valence-electron chi connectivity index (χ0n) is 35.0. The highest BCUT2D eigenvalue weighted by atomic mass is 16.7. The van der Waals surface area contributed by atoms with Gasteiger partial charge in [-0.3, -0.25) is 4.57 Å². The minimum absolute atomic E-state index is 0.332. The van der Waals surface area contributed by atoms with Crippen molar-refractivity contribution >= 4 is 29.1 Å². The number of ether oxygens (including phenoxy) is 5. The fourth-order valence-electron chi connectivity index (χ4n) is 8.43. The molecule has 1 aliphatic heterocycles. The lowest BCUT2D eigenvalue weighted by molar-refractivity contribution is -0.0606. The molecule has 1 aliphatic rings. The van der Waals surface area contributed by atoms with Crippen LogP contribution in [0.15, 0.2) is 73.3 Å². The van der Waals surface area contributed by atoms with E-state index in [0.717, 1.165) is 55.6 Å². The molecule has 12 nitrogen and oxygen atoms in total. The van der Waals surface area contributed by atoms with E-state index in [4.69, 9.17) is 28.7 Å². The molecule has 0 radical (unpaired) electrons. The van der Waals surface area contributed by atoms with Crippen LogP contribution < -0.4 is 4.74 Å². The van der Waals surface area contributed by atoms with Gasteiger partial charge in [0.1, 0.15) is 36.0 Å². The molecule has 6 aromatic rings. The van der Waals surface area contributed by atoms with Gasteiger partial charge in [-0.2, -0.15) is 0 Å². The summed E-state index contributed by atoms with van der Waals surface area (Å²) in [7, 11) is 1.60. The van der Waals surface area contributed by atoms with Crippen LogP contribution in [0.3, 0.4) is 0 Å². The number of hydrogen-bond acceptors (Lipinski definition) is 11. The Balaban J connectivity index is 1.34. The lowest BCUT2D eigenvalue weighted by Gasteiger charge is -2.26. The van der Waals surface area contributed by atoms with Gasteiger partial charge in [0.2, 0.25) is 0 Å². The van der Waals surface area contributed by atoms with E-state index in [2.05, 4.69) is 9.97 Å². The number of carbonyl (C=O) groups excluding carboxylic acids is 3. The zero-order chi connectivity index (χ0) is 42.3. The Morgan fingerprint density at radius 1 is 0.627 bits per heavy atom. The number of hydrogen-bond donors (Lipinski definition) is 0. The van der Waals surface area contributed by atoms with E-state index in [1.54, 1.807) is 11.7 Å². The first-order chi connectivity index (χ1) is 28.1. The highest BCUT2D eigenvalue weighted by Gasteiger charge is 2.52. The van der Waals surface area contributed by atoms with Crippen molar-refractivity contribution in [3.63, 3.8) is 0 Å². The maximum Gasteiger partial charge on any atom is 0.339 e. The predicted molar refractivity (Wildman–Crippen MR) is 222 cm³/mol. The quantitative estimate of drug-likeness (QED) is 0.0974. The van der Waals surface area contributed by atoms with Gasteiger partial charge in [0.05, 0.1) is 30.1 Å². The van der Waals surface area contributed by atoms with E-state index in [1.807, 2.05) is 123 Å². The van der Waals surface area contributed by atoms with Crippen LogP contribution in [0.2, 0.25) is 0 Å². The molecule has 1 fully saturated rings. The average molecular weight is 797 g/mol. The van der Waals surface area contributed by atoms with Gasteiger partial charge in [-0.1, -0.05) is 53.1 Å². The molecule has 3 heterocycles. The molecule has 0 amide bonds. The molecule has 4 atom stereocenters. The Labute approximate surface area is 343 Å². The van der Waals surface area contributed by atoms with E-state index in [-0.39, 0.29) is 6.61 Å². The van der Waals surface area contributed by atoms with Crippen LogP contribution >= 0.6 is 0 Å². The molecular weight excluding hydrogens is 749 g/mol. The van der Waals surface area contributed by atoms with Crippen molar-refractivity contribution < 1.29 is 38.1 Å². The van der Waals surface area contributed by atoms with Gasteiger partial charge < -0.3 is 23.7 Å². The number of nitrogens with zero attached hydrogens (tertiary/aromatic N) is 4. The van der Waals surface area contributed by atoms with E-state index < -0.39 is 42.4 Å². The van der Waals surface area contributed by atoms with Crippen LogP contribution in [0, 0.1) is 62.3 Å². The molecule has 0 N–H and O–H groups in total. The summed E-state index contributed by atoms with van der Waals surface area (Å²) in [4.78, 5) is 56.3. The maximum absolute atomic E-state index is 14.4. The van der Waals surface area contributed by atoms with Gasteiger partial charge in [-0.15, -0.1) is 0 Å². The van der Waals surface area contributed by atoms with Crippen LogP contribution in [-0.2, 0) is 18.9 Å². The Bertz CT molecular complexity index is 2540. The third kappa shape index (κ3) is 8.05. The molecule has 0 bridgehead atoms. The molecule has 59 heavy (non-hydrogen) atoms. The lowest BCUT2D eigenvalue weighted by Crippen LogP contribution is -2.41. The summed E-state index contributed by atoms with van der Waals surface area (Å²) in [6.45, 7) is 16.6. The Hall–Kier alpha value is -6.40. The van der Waals surface area contributed by atoms with Gasteiger partial charge in [-0.25, -0.2) is 29.3 Å². The van der Waals surface area contributed by atoms with Gasteiger partial charge >= 0.3 is 17.9 Å². The fraction of sp³-hybridized carbons (Fsp3) is 0.319. The number of carbonyl (C=O) groups is 3. The normalized spacial score (nSPS) is 17.5. The zero-order valence-corrected chi connectivity index (χ0v) is 35.0. The molecule has 4 aromatic carbocycles. The molecule has 1 saturated heterocycles. The number of esters is 3. The van der Waals surface area contributed by atoms with Crippen LogP contribution in [0.4, 0.5) is 0 Å². The van der Waals surface area contributed by atoms with Crippen molar-refractivity contribution in [2.75, 3.05) is 13.7 Å². The van der Waals surface area contributed by atoms with Crippen molar-refractivity contribution in [2.45, 2.75) is 86.9 Å². The minimum Gasteiger partial charge on any atom is -0.497 e. The van der Waals surface area contributed by atoms with Crippen LogP contribution in [0.5, 0.6) is 5.75 Å². The van der Waals surface area contributed by atoms with Crippen molar-refractivity contribution in [3.8, 4) is 17.0 Å². The fourth-order valence-corrected chi connectivity index (χ4v) is 8.43. The summed E-state index contributed by atoms with van der Waals surface area (Å²) in [5.41, 5.74) is 10.8. The third-order valence-electron chi connectivity index (χ3n) is 10.8. The first-order valence-electron chi connectivity index (χ1n) is 19.4. The number of aryl methyl sites for hydroxylation is 9. The van der Waals surface area contributed by atoms with Crippen molar-refractivity contribution in [2.24, 2.45) is 0 Å². The summed E-state index contributed by atoms with van der Waals surface area (Å²) in [6.07, 6.45) is -1.81. The van der Waals surface area contributed by atoms with Gasteiger partial charge in [-0.05, 0) is 120 Å². The number of methoxy groups -OCH3 is 1. The van der Waals surface area contributed by atoms with Crippen LogP contribution in [0.25, 0.3) is 22.4 Å². The number of aromatic nitrogens is 4. The topological polar surface area (TPSA) is 141 Å². The number of imidazole rings is 1. The smallest absolute Gasteiger partial charge is 0.339 e. The van der Waals surface area contributed by atoms with Crippen molar-refractivity contribution in [1.82, 2.24) is 19.5 Å². The largest absolute Gasteiger partial charge is 0.497 e. The minimum atomic E-state index is -1.26. The maximum atomic E-state index is 14.4. The first-order valence-corrected chi connectivity index (χ1v) is 19.4. The molecule has 304 valence electrons. The second-order valence-corrected chi connectivity index (χ2v) is 15.5. The summed E-state index contributed by atoms with van der Waals surface area (Å²) in [6, 6.07) is 18.8. The summed E-state index contributed by atoms with van der Waals surface area (Å²) >= 11 is 0. The highest BCUT2D eigenvalue weighted by Crippen LogP contribution is 2.39. The van der Waals surface area contributed by atoms with Gasteiger partial charge in [0, 0.05) is 5.56 Å². The Kier molecular flexibility index (Phi) is 11.4. The van der Waals surface area contributed by atoms with E-state index >= 15 is 0 Å². The summed E-state index contributed by atoms with van der Waals surface area (Å²) in [5, 5.41) is 0. The molecule has 2 aromatic heterocycles. The highest BCUT2D eigenvalue weighted by molar-refractivity contribution is 5.95. The SMILES string of the molecule is COc1ccc(-c2ncnc3c2ncn3C2OC(COC(=O)c3c(C)cc(C)cc3C)C(OC(=O)c3c(C)cc(C)cc3C)C2OC(=O)c2c(C)cc(C)cc2C)cc1. The molecule has 12 heteroatoms. The van der Waals surface area contributed by atoms with Crippen LogP contribution in [-0.4, -0.2) is 69.5 Å². The summed E-state index contributed by atoms with van der Waals surface area (Å²) < 4.78 is 32.5. The predicted octanol–water partition coefficient (Wildman–Crippen LogP) is 8.48. The second kappa shape index (κ2) is 16.5. The van der Waals surface area contributed by atoms with Crippen molar-refractivity contribution in [3.05, 3.63) is 140 Å². The van der Waals surface area contributed by atoms with E-state index in [9.17, 15) is 14.4 Å². The molecule has 0 spiro atoms. The number of rotatable bonds is 10. The van der Waals surface area contributed by atoms with Gasteiger partial charge in [0.15, 0.2) is 24.1 Å². The number of fused-ring (bicyclic) bond motifs is 1. The Morgan fingerprint density at radius 3 is 1.59 bits per heavy atom. The van der Waals surface area contributed by atoms with E-state index in [0.29, 0.717) is 39.3 Å². The molecule has 7 rings (SSSR count). The standard InChI is InChI=1S/C47H48N4O8/c1-24-15-27(4)36(28(5)16-24)45(52)56-21-35-41(58-46(53)37-29(6)17-25(2)18-30(37)7)42(59-47(54)38-31(8)19-26(3)20-32(38)9)44(57-35)51-23-50-40-39(48-22-49-43(40)51)33-11-13-34(55-10)14-12-33/h11-20,22-23,35,41-42,44H,21H2,1-10H3. The Morgan fingerprint density at radius 2 is 1.10 bits per heavy atom. The lowest BCUT2D eigenvalue weighted by atomic mass is 9.99. The van der Waals surface area contributed by atoms with E-state index in [1.165, 1.54) is 12.7 Å². The molecular formula is C47H48N4O8. The molecule has 0 saturated carbocycles. The summed E-state index contributed by atoms with van der Waals surface area (Å²) in [5.74, 6) is -1.15. The van der Waals surface area contributed by atoms with Crippen LogP contribution in [0.1, 0.15) is 87.4 Å². The molecule has 4 unspecified atom stereocenters. The van der Waals surface area contributed by atoms with Crippen molar-refractivity contribution in [1.29, 1.82) is 0 Å². The van der Waals surface area contributed by atoms with Gasteiger partial charge in [0.25, 0.3) is 0 Å². The first kappa shape index (κ1) is 40.8. The third-order valence-corrected chi connectivity index (χ3v) is 10.8.